The van der Waals surface area contributed by atoms with Crippen LogP contribution in [0.3, 0.4) is 0 Å². The summed E-state index contributed by atoms with van der Waals surface area (Å²) in [6.07, 6.45) is 4.35. The van der Waals surface area contributed by atoms with Gasteiger partial charge in [0, 0.05) is 13.7 Å². The molecule has 1 atom stereocenters. The second kappa shape index (κ2) is 9.68. The molecular weight excluding hydrogens is 426 g/mol. The summed E-state index contributed by atoms with van der Waals surface area (Å²) in [6.45, 7) is 7.33. The van der Waals surface area contributed by atoms with Crippen molar-refractivity contribution in [1.29, 1.82) is 0 Å². The van der Waals surface area contributed by atoms with Crippen LogP contribution in [0.4, 0.5) is 4.79 Å². The summed E-state index contributed by atoms with van der Waals surface area (Å²) in [6, 6.07) is 17.1. The number of rotatable bonds is 9. The third kappa shape index (κ3) is 4.99. The fraction of sp³-hybridized carbons (Fsp3) is 0.536. The number of nitrogens with zero attached hydrogens (tertiary/aromatic N) is 1. The van der Waals surface area contributed by atoms with Crippen LogP contribution in [0.2, 0.25) is 0 Å². The van der Waals surface area contributed by atoms with Gasteiger partial charge in [-0.1, -0.05) is 48.5 Å². The van der Waals surface area contributed by atoms with Gasteiger partial charge in [0.15, 0.2) is 0 Å². The third-order valence-corrected chi connectivity index (χ3v) is 7.97. The van der Waals surface area contributed by atoms with Crippen LogP contribution in [0.25, 0.3) is 11.1 Å². The zero-order valence-electron chi connectivity index (χ0n) is 20.4. The van der Waals surface area contributed by atoms with Crippen molar-refractivity contribution >= 4 is 6.03 Å². The van der Waals surface area contributed by atoms with Crippen LogP contribution < -0.4 is 10.6 Å². The standard InChI is InChI=1S/C28H37N3O3/c1-27(20-31-15-11-24(27)12-16-31)29-26(32)30-28(13-14-28)25-9-7-23(8-10-25)22-5-3-21(4-6-22)19-34-18-17-33-2/h3-10,24H,11-20H2,1-2H3,(H2,29,30,32)/t27-/m0/s1. The molecule has 3 heterocycles. The van der Waals surface area contributed by atoms with Crippen molar-refractivity contribution in [3.8, 4) is 11.1 Å². The largest absolute Gasteiger partial charge is 0.382 e. The summed E-state index contributed by atoms with van der Waals surface area (Å²) < 4.78 is 10.6. The first-order valence-corrected chi connectivity index (χ1v) is 12.6. The number of hydrogen-bond donors (Lipinski definition) is 2. The van der Waals surface area contributed by atoms with Crippen LogP contribution in [0.5, 0.6) is 0 Å². The molecule has 2 bridgehead atoms. The maximum atomic E-state index is 13.0. The number of fused-ring (bicyclic) bond motifs is 3. The first-order valence-electron chi connectivity index (χ1n) is 12.6. The molecule has 34 heavy (non-hydrogen) atoms. The molecule has 3 saturated heterocycles. The first-order chi connectivity index (χ1) is 16.5. The Labute approximate surface area is 203 Å². The Morgan fingerprint density at radius 2 is 1.62 bits per heavy atom. The van der Waals surface area contributed by atoms with Crippen molar-refractivity contribution in [1.82, 2.24) is 15.5 Å². The van der Waals surface area contributed by atoms with Gasteiger partial charge in [0.05, 0.1) is 30.9 Å². The fourth-order valence-electron chi connectivity index (χ4n) is 5.69. The molecule has 6 heteroatoms. The second-order valence-electron chi connectivity index (χ2n) is 10.4. The predicted octanol–water partition coefficient (Wildman–Crippen LogP) is 4.29. The van der Waals surface area contributed by atoms with Crippen molar-refractivity contribution in [2.45, 2.75) is 50.3 Å². The zero-order chi connectivity index (χ0) is 23.6. The van der Waals surface area contributed by atoms with Gasteiger partial charge in [-0.3, -0.25) is 0 Å². The Balaban J connectivity index is 1.18. The lowest BCUT2D eigenvalue weighted by atomic mass is 9.74. The minimum Gasteiger partial charge on any atom is -0.382 e. The average molecular weight is 464 g/mol. The highest BCUT2D eigenvalue weighted by molar-refractivity contribution is 5.77. The molecule has 1 aliphatic carbocycles. The van der Waals surface area contributed by atoms with E-state index in [4.69, 9.17) is 9.47 Å². The van der Waals surface area contributed by atoms with Gasteiger partial charge < -0.3 is 25.0 Å². The highest BCUT2D eigenvalue weighted by Gasteiger charge is 2.48. The number of ether oxygens (including phenoxy) is 2. The number of benzene rings is 2. The first kappa shape index (κ1) is 23.3. The molecule has 0 spiro atoms. The number of amides is 2. The average Bonchev–Trinajstić information content (AvgIpc) is 3.63. The molecule has 2 aromatic rings. The molecule has 2 aromatic carbocycles. The monoisotopic (exact) mass is 463 g/mol. The van der Waals surface area contributed by atoms with E-state index in [1.807, 2.05) is 0 Å². The van der Waals surface area contributed by atoms with E-state index in [0.29, 0.717) is 25.7 Å². The van der Waals surface area contributed by atoms with E-state index in [-0.39, 0.29) is 17.1 Å². The summed E-state index contributed by atoms with van der Waals surface area (Å²) in [4.78, 5) is 15.5. The highest BCUT2D eigenvalue weighted by atomic mass is 16.5. The van der Waals surface area contributed by atoms with Crippen LogP contribution in [0.1, 0.15) is 43.7 Å². The van der Waals surface area contributed by atoms with Gasteiger partial charge in [-0.25, -0.2) is 4.79 Å². The van der Waals surface area contributed by atoms with Crippen LogP contribution in [-0.2, 0) is 21.6 Å². The molecule has 0 aromatic heterocycles. The Kier molecular flexibility index (Phi) is 6.65. The van der Waals surface area contributed by atoms with E-state index in [0.717, 1.165) is 24.9 Å². The molecule has 6 nitrogen and oxygen atoms in total. The molecule has 4 fully saturated rings. The van der Waals surface area contributed by atoms with Crippen molar-refractivity contribution in [2.75, 3.05) is 40.0 Å². The van der Waals surface area contributed by atoms with E-state index in [9.17, 15) is 4.79 Å². The van der Waals surface area contributed by atoms with Crippen LogP contribution in [-0.4, -0.2) is 56.4 Å². The molecule has 1 saturated carbocycles. The summed E-state index contributed by atoms with van der Waals surface area (Å²) in [5.41, 5.74) is 4.35. The third-order valence-electron chi connectivity index (χ3n) is 7.97. The minimum absolute atomic E-state index is 0.0267. The van der Waals surface area contributed by atoms with Gasteiger partial charge in [0.1, 0.15) is 0 Å². The summed E-state index contributed by atoms with van der Waals surface area (Å²) in [5.74, 6) is 0.584. The Bertz CT molecular complexity index is 979. The molecule has 3 aliphatic heterocycles. The number of hydrogen-bond acceptors (Lipinski definition) is 4. The molecule has 6 rings (SSSR count). The van der Waals surface area contributed by atoms with Crippen molar-refractivity contribution in [3.05, 3.63) is 59.7 Å². The highest BCUT2D eigenvalue weighted by Crippen LogP contribution is 2.46. The van der Waals surface area contributed by atoms with Crippen molar-refractivity contribution in [3.63, 3.8) is 0 Å². The lowest BCUT2D eigenvalue weighted by molar-refractivity contribution is 0.0226. The second-order valence-corrected chi connectivity index (χ2v) is 10.4. The van der Waals surface area contributed by atoms with E-state index >= 15 is 0 Å². The SMILES string of the molecule is COCCOCc1ccc(-c2ccc(C3(NC(=O)N[C@@]4(C)CN5CCC4CC5)CC3)cc2)cc1. The number of methoxy groups -OCH3 is 1. The molecule has 2 N–H and O–H groups in total. The minimum atomic E-state index is -0.226. The van der Waals surface area contributed by atoms with Gasteiger partial charge >= 0.3 is 6.03 Å². The Hall–Kier alpha value is -2.41. The topological polar surface area (TPSA) is 62.8 Å². The van der Waals surface area contributed by atoms with Gasteiger partial charge in [-0.05, 0) is 73.9 Å². The molecule has 4 aliphatic rings. The smallest absolute Gasteiger partial charge is 0.315 e. The molecular formula is C28H37N3O3. The summed E-state index contributed by atoms with van der Waals surface area (Å²) in [7, 11) is 1.68. The van der Waals surface area contributed by atoms with Crippen molar-refractivity contribution < 1.29 is 14.3 Å². The maximum Gasteiger partial charge on any atom is 0.315 e. The molecule has 2 amide bonds. The van der Waals surface area contributed by atoms with Crippen LogP contribution in [0, 0.1) is 5.92 Å². The lowest BCUT2D eigenvalue weighted by Gasteiger charge is -2.52. The predicted molar refractivity (Wildman–Crippen MR) is 134 cm³/mol. The number of carbonyl (C=O) groups excluding carboxylic acids is 1. The fourth-order valence-corrected chi connectivity index (χ4v) is 5.69. The van der Waals surface area contributed by atoms with Gasteiger partial charge in [-0.2, -0.15) is 0 Å². The zero-order valence-corrected chi connectivity index (χ0v) is 20.4. The van der Waals surface area contributed by atoms with E-state index < -0.39 is 0 Å². The number of carbonyl (C=O) groups is 1. The summed E-state index contributed by atoms with van der Waals surface area (Å²) in [5, 5.41) is 6.67. The molecule has 182 valence electrons. The van der Waals surface area contributed by atoms with E-state index in [1.165, 1.54) is 42.6 Å². The van der Waals surface area contributed by atoms with E-state index in [2.05, 4.69) is 71.0 Å². The normalized spacial score (nSPS) is 26.8. The molecule has 0 unspecified atom stereocenters. The number of urea groups is 1. The Morgan fingerprint density at radius 1 is 0.971 bits per heavy atom. The lowest BCUT2D eigenvalue weighted by Crippen LogP contribution is -2.66. The van der Waals surface area contributed by atoms with Gasteiger partial charge in [0.25, 0.3) is 0 Å². The van der Waals surface area contributed by atoms with E-state index in [1.54, 1.807) is 7.11 Å². The number of nitrogens with one attached hydrogen (secondary N) is 2. The number of piperidine rings is 3. The maximum absolute atomic E-state index is 13.0. The van der Waals surface area contributed by atoms with Crippen LogP contribution >= 0.6 is 0 Å². The van der Waals surface area contributed by atoms with Crippen LogP contribution in [0.15, 0.2) is 48.5 Å². The molecule has 0 radical (unpaired) electrons. The quantitative estimate of drug-likeness (QED) is 0.545. The van der Waals surface area contributed by atoms with Gasteiger partial charge in [-0.15, -0.1) is 0 Å². The van der Waals surface area contributed by atoms with Gasteiger partial charge in [0.2, 0.25) is 0 Å². The van der Waals surface area contributed by atoms with Crippen molar-refractivity contribution in [2.24, 2.45) is 5.92 Å². The Morgan fingerprint density at radius 3 is 2.18 bits per heavy atom. The summed E-state index contributed by atoms with van der Waals surface area (Å²) >= 11 is 0.